The Morgan fingerprint density at radius 2 is 2.28 bits per heavy atom. The number of nitrogens with one attached hydrogen (secondary N) is 1. The number of hydrogen-bond acceptors (Lipinski definition) is 4. The van der Waals surface area contributed by atoms with E-state index >= 15 is 0 Å². The van der Waals surface area contributed by atoms with Crippen molar-refractivity contribution in [2.45, 2.75) is 13.8 Å². The summed E-state index contributed by atoms with van der Waals surface area (Å²) in [5.41, 5.74) is 9.49. The molecule has 0 aromatic heterocycles. The summed E-state index contributed by atoms with van der Waals surface area (Å²) in [6.45, 7) is 8.88. The first kappa shape index (κ1) is 14.0. The summed E-state index contributed by atoms with van der Waals surface area (Å²) in [7, 11) is 0. The van der Waals surface area contributed by atoms with Gasteiger partial charge in [0.05, 0.1) is 17.9 Å². The zero-order valence-corrected chi connectivity index (χ0v) is 11.0. The fourth-order valence-electron chi connectivity index (χ4n) is 1.43. The van der Waals surface area contributed by atoms with Gasteiger partial charge in [-0.05, 0) is 44.3 Å². The Labute approximate surface area is 108 Å². The smallest absolute Gasteiger partial charge is 0.0856 e. The highest BCUT2D eigenvalue weighted by molar-refractivity contribution is 5.73. The molecule has 0 saturated carbocycles. The SMILES string of the molecule is C=Nc1cc(C)ccc1NCC(N)=CC=NCC. The maximum Gasteiger partial charge on any atom is 0.0856 e. The van der Waals surface area contributed by atoms with Crippen LogP contribution >= 0.6 is 0 Å². The number of hydrogen-bond donors (Lipinski definition) is 2. The Balaban J connectivity index is 2.66. The summed E-state index contributed by atoms with van der Waals surface area (Å²) in [4.78, 5) is 8.06. The summed E-state index contributed by atoms with van der Waals surface area (Å²) >= 11 is 0. The van der Waals surface area contributed by atoms with Crippen LogP contribution in [0.3, 0.4) is 0 Å². The highest BCUT2D eigenvalue weighted by Crippen LogP contribution is 2.25. The third-order valence-electron chi connectivity index (χ3n) is 2.38. The van der Waals surface area contributed by atoms with E-state index in [1.54, 1.807) is 12.3 Å². The molecule has 0 spiro atoms. The minimum absolute atomic E-state index is 0.557. The minimum Gasteiger partial charge on any atom is -0.401 e. The van der Waals surface area contributed by atoms with Gasteiger partial charge in [-0.3, -0.25) is 9.98 Å². The van der Waals surface area contributed by atoms with Crippen LogP contribution in [0.2, 0.25) is 0 Å². The maximum absolute atomic E-state index is 5.84. The van der Waals surface area contributed by atoms with Gasteiger partial charge in [0, 0.05) is 18.5 Å². The number of aliphatic imine (C=N–C) groups is 2. The van der Waals surface area contributed by atoms with Crippen LogP contribution in [0.1, 0.15) is 12.5 Å². The van der Waals surface area contributed by atoms with E-state index < -0.39 is 0 Å². The van der Waals surface area contributed by atoms with Crippen molar-refractivity contribution >= 4 is 24.3 Å². The fraction of sp³-hybridized carbons (Fsp3) is 0.286. The van der Waals surface area contributed by atoms with Crippen molar-refractivity contribution in [2.75, 3.05) is 18.4 Å². The summed E-state index contributed by atoms with van der Waals surface area (Å²) in [5, 5.41) is 3.23. The predicted octanol–water partition coefficient (Wildman–Crippen LogP) is 2.67. The molecule has 0 radical (unpaired) electrons. The average molecular weight is 244 g/mol. The van der Waals surface area contributed by atoms with Gasteiger partial charge >= 0.3 is 0 Å². The molecule has 0 aliphatic heterocycles. The van der Waals surface area contributed by atoms with Crippen LogP contribution < -0.4 is 11.1 Å². The highest BCUT2D eigenvalue weighted by Gasteiger charge is 2.00. The van der Waals surface area contributed by atoms with E-state index in [4.69, 9.17) is 5.73 Å². The van der Waals surface area contributed by atoms with Crippen LogP contribution in [0.4, 0.5) is 11.4 Å². The van der Waals surface area contributed by atoms with Gasteiger partial charge in [-0.15, -0.1) is 0 Å². The number of allylic oxidation sites excluding steroid dienone is 1. The molecular weight excluding hydrogens is 224 g/mol. The lowest BCUT2D eigenvalue weighted by atomic mass is 10.2. The number of rotatable bonds is 6. The molecule has 96 valence electrons. The lowest BCUT2D eigenvalue weighted by molar-refractivity contribution is 1.13. The number of benzene rings is 1. The van der Waals surface area contributed by atoms with Gasteiger partial charge in [-0.2, -0.15) is 0 Å². The Bertz CT molecular complexity index is 461. The molecule has 4 nitrogen and oxygen atoms in total. The van der Waals surface area contributed by atoms with Gasteiger partial charge in [0.25, 0.3) is 0 Å². The molecule has 4 heteroatoms. The zero-order chi connectivity index (χ0) is 13.4. The number of anilines is 1. The molecule has 0 unspecified atom stereocenters. The molecule has 1 rings (SSSR count). The first-order valence-electron chi connectivity index (χ1n) is 5.93. The molecule has 0 saturated heterocycles. The lowest BCUT2D eigenvalue weighted by Crippen LogP contribution is -2.11. The molecule has 0 fully saturated rings. The molecule has 0 aliphatic carbocycles. The molecular formula is C14H20N4. The minimum atomic E-state index is 0.557. The van der Waals surface area contributed by atoms with Gasteiger partial charge in [0.2, 0.25) is 0 Å². The van der Waals surface area contributed by atoms with Gasteiger partial charge < -0.3 is 11.1 Å². The van der Waals surface area contributed by atoms with E-state index in [1.165, 1.54) is 0 Å². The van der Waals surface area contributed by atoms with Crippen molar-refractivity contribution in [3.05, 3.63) is 35.5 Å². The van der Waals surface area contributed by atoms with Gasteiger partial charge in [-0.25, -0.2) is 0 Å². The van der Waals surface area contributed by atoms with Gasteiger partial charge in [-0.1, -0.05) is 6.07 Å². The third kappa shape index (κ3) is 4.41. The average Bonchev–Trinajstić information content (AvgIpc) is 2.37. The third-order valence-corrected chi connectivity index (χ3v) is 2.38. The van der Waals surface area contributed by atoms with Crippen molar-refractivity contribution in [2.24, 2.45) is 15.7 Å². The Morgan fingerprint density at radius 3 is 2.94 bits per heavy atom. The van der Waals surface area contributed by atoms with Crippen LogP contribution in [0.25, 0.3) is 0 Å². The molecule has 18 heavy (non-hydrogen) atoms. The standard InChI is InChI=1S/C14H20N4/c1-4-17-8-7-12(15)10-18-13-6-5-11(2)9-14(13)16-3/h5-9,18H,3-4,10,15H2,1-2H3. The van der Waals surface area contributed by atoms with Crippen molar-refractivity contribution in [1.82, 2.24) is 0 Å². The van der Waals surface area contributed by atoms with E-state index in [9.17, 15) is 0 Å². The predicted molar refractivity (Wildman–Crippen MR) is 80.2 cm³/mol. The Morgan fingerprint density at radius 1 is 1.50 bits per heavy atom. The zero-order valence-electron chi connectivity index (χ0n) is 11.0. The number of nitrogens with zero attached hydrogens (tertiary/aromatic N) is 2. The van der Waals surface area contributed by atoms with Crippen molar-refractivity contribution in [3.8, 4) is 0 Å². The van der Waals surface area contributed by atoms with E-state index in [1.807, 2.05) is 32.0 Å². The first-order valence-corrected chi connectivity index (χ1v) is 5.93. The van der Waals surface area contributed by atoms with Crippen molar-refractivity contribution in [1.29, 1.82) is 0 Å². The maximum atomic E-state index is 5.84. The molecule has 0 bridgehead atoms. The topological polar surface area (TPSA) is 62.8 Å². The number of aryl methyl sites for hydroxylation is 1. The van der Waals surface area contributed by atoms with Crippen LogP contribution in [-0.4, -0.2) is 26.0 Å². The first-order chi connectivity index (χ1) is 8.67. The van der Waals surface area contributed by atoms with Crippen LogP contribution in [0.5, 0.6) is 0 Å². The summed E-state index contributed by atoms with van der Waals surface area (Å²) < 4.78 is 0. The van der Waals surface area contributed by atoms with Gasteiger partial charge in [0.15, 0.2) is 0 Å². The van der Waals surface area contributed by atoms with Crippen LogP contribution in [-0.2, 0) is 0 Å². The molecule has 0 heterocycles. The van der Waals surface area contributed by atoms with E-state index in [0.29, 0.717) is 6.54 Å². The van der Waals surface area contributed by atoms with Crippen molar-refractivity contribution in [3.63, 3.8) is 0 Å². The molecule has 0 amide bonds. The highest BCUT2D eigenvalue weighted by atomic mass is 14.9. The van der Waals surface area contributed by atoms with Gasteiger partial charge in [0.1, 0.15) is 0 Å². The molecule has 0 atom stereocenters. The second-order valence-electron chi connectivity index (χ2n) is 3.92. The second kappa shape index (κ2) is 7.27. The van der Waals surface area contributed by atoms with E-state index in [2.05, 4.69) is 22.0 Å². The van der Waals surface area contributed by atoms with Crippen LogP contribution in [0.15, 0.2) is 40.0 Å². The molecule has 1 aromatic rings. The summed E-state index contributed by atoms with van der Waals surface area (Å²) in [6, 6.07) is 5.98. The second-order valence-corrected chi connectivity index (χ2v) is 3.92. The molecule has 1 aromatic carbocycles. The van der Waals surface area contributed by atoms with Crippen LogP contribution in [0, 0.1) is 6.92 Å². The summed E-state index contributed by atoms with van der Waals surface area (Å²) in [5.74, 6) is 0. The quantitative estimate of drug-likeness (QED) is 0.756. The largest absolute Gasteiger partial charge is 0.401 e. The summed E-state index contributed by atoms with van der Waals surface area (Å²) in [6.07, 6.45) is 3.52. The Kier molecular flexibility index (Phi) is 5.64. The number of nitrogens with two attached hydrogens (primary N) is 1. The fourth-order valence-corrected chi connectivity index (χ4v) is 1.43. The molecule has 0 aliphatic rings. The molecule has 3 N–H and O–H groups in total. The van der Waals surface area contributed by atoms with Crippen molar-refractivity contribution < 1.29 is 0 Å². The normalized spacial score (nSPS) is 11.8. The monoisotopic (exact) mass is 244 g/mol. The van der Waals surface area contributed by atoms with E-state index in [-0.39, 0.29) is 0 Å². The lowest BCUT2D eigenvalue weighted by Gasteiger charge is -2.09. The van der Waals surface area contributed by atoms with E-state index in [0.717, 1.165) is 29.2 Å². The Hall–Kier alpha value is -2.10.